The Kier molecular flexibility index (Phi) is 5.32. The minimum absolute atomic E-state index is 0.00134. The lowest BCUT2D eigenvalue weighted by atomic mass is 10.0. The largest absolute Gasteiger partial charge is 0.507 e. The molecule has 0 radical (unpaired) electrons. The number of nitrogens with zero attached hydrogens (tertiary/aromatic N) is 2. The van der Waals surface area contributed by atoms with Gasteiger partial charge in [-0.25, -0.2) is 0 Å². The second kappa shape index (κ2) is 8.19. The molecule has 2 N–H and O–H groups in total. The van der Waals surface area contributed by atoms with Crippen molar-refractivity contribution in [1.82, 2.24) is 9.80 Å². The van der Waals surface area contributed by atoms with E-state index in [1.54, 1.807) is 40.1 Å². The molecule has 3 fully saturated rings. The molecule has 0 bridgehead atoms. The van der Waals surface area contributed by atoms with Crippen molar-refractivity contribution in [2.24, 2.45) is 5.92 Å². The van der Waals surface area contributed by atoms with Crippen LogP contribution in [0.25, 0.3) is 11.1 Å². The zero-order valence-corrected chi connectivity index (χ0v) is 18.2. The normalized spacial score (nSPS) is 19.2. The summed E-state index contributed by atoms with van der Waals surface area (Å²) in [6.45, 7) is 1.41. The van der Waals surface area contributed by atoms with Gasteiger partial charge in [0.25, 0.3) is 11.8 Å². The average Bonchev–Trinajstić information content (AvgIpc) is 3.75. The average molecular weight is 450 g/mol. The number of phenols is 1. The lowest BCUT2D eigenvalue weighted by Gasteiger charge is -2.35. The number of rotatable bonds is 5. The van der Waals surface area contributed by atoms with Gasteiger partial charge in [-0.1, -0.05) is 18.2 Å². The first-order valence-corrected chi connectivity index (χ1v) is 11.3. The van der Waals surface area contributed by atoms with Crippen molar-refractivity contribution in [3.8, 4) is 22.6 Å². The van der Waals surface area contributed by atoms with Crippen LogP contribution < -0.4 is 4.74 Å². The van der Waals surface area contributed by atoms with E-state index in [9.17, 15) is 24.6 Å². The van der Waals surface area contributed by atoms with E-state index >= 15 is 0 Å². The Morgan fingerprint density at radius 3 is 2.21 bits per heavy atom. The van der Waals surface area contributed by atoms with Gasteiger partial charge in [0, 0.05) is 26.2 Å². The zero-order chi connectivity index (χ0) is 23.2. The number of aliphatic hydroxyl groups is 1. The number of esters is 1. The maximum absolute atomic E-state index is 13.0. The monoisotopic (exact) mass is 450 g/mol. The van der Waals surface area contributed by atoms with Gasteiger partial charge < -0.3 is 24.7 Å². The fourth-order valence-electron chi connectivity index (χ4n) is 4.06. The summed E-state index contributed by atoms with van der Waals surface area (Å²) in [6, 6.07) is 11.9. The Morgan fingerprint density at radius 2 is 1.58 bits per heavy atom. The predicted octanol–water partition coefficient (Wildman–Crippen LogP) is 2.18. The third-order valence-electron chi connectivity index (χ3n) is 6.50. The van der Waals surface area contributed by atoms with Gasteiger partial charge in [0.15, 0.2) is 0 Å². The van der Waals surface area contributed by atoms with E-state index in [-0.39, 0.29) is 35.0 Å². The van der Waals surface area contributed by atoms with E-state index in [4.69, 9.17) is 4.74 Å². The van der Waals surface area contributed by atoms with Crippen LogP contribution in [-0.2, 0) is 9.59 Å². The van der Waals surface area contributed by atoms with Gasteiger partial charge in [-0.3, -0.25) is 14.4 Å². The summed E-state index contributed by atoms with van der Waals surface area (Å²) in [4.78, 5) is 40.4. The topological polar surface area (TPSA) is 107 Å². The van der Waals surface area contributed by atoms with Crippen molar-refractivity contribution < 1.29 is 29.3 Å². The highest BCUT2D eigenvalue weighted by molar-refractivity contribution is 5.98. The quantitative estimate of drug-likeness (QED) is 0.534. The van der Waals surface area contributed by atoms with Gasteiger partial charge in [0.1, 0.15) is 17.1 Å². The van der Waals surface area contributed by atoms with Gasteiger partial charge in [-0.2, -0.15) is 0 Å². The van der Waals surface area contributed by atoms with Crippen LogP contribution in [0, 0.1) is 5.92 Å². The van der Waals surface area contributed by atoms with Crippen LogP contribution in [-0.4, -0.2) is 69.6 Å². The molecule has 2 aliphatic carbocycles. The van der Waals surface area contributed by atoms with Crippen molar-refractivity contribution in [1.29, 1.82) is 0 Å². The molecule has 3 aliphatic rings. The maximum Gasteiger partial charge on any atom is 0.314 e. The highest BCUT2D eigenvalue weighted by atomic mass is 16.5. The molecule has 172 valence electrons. The van der Waals surface area contributed by atoms with Crippen molar-refractivity contribution in [2.75, 3.05) is 26.2 Å². The molecular formula is C25H26N2O6. The number of carbonyl (C=O) groups is 3. The second-order valence-electron chi connectivity index (χ2n) is 9.07. The molecule has 2 amide bonds. The van der Waals surface area contributed by atoms with Crippen LogP contribution in [0.15, 0.2) is 42.5 Å². The highest BCUT2D eigenvalue weighted by Gasteiger charge is 2.50. The maximum atomic E-state index is 13.0. The first kappa shape index (κ1) is 21.5. The number of benzene rings is 2. The summed E-state index contributed by atoms with van der Waals surface area (Å²) < 4.78 is 5.42. The van der Waals surface area contributed by atoms with E-state index in [0.717, 1.165) is 18.4 Å². The Morgan fingerprint density at radius 1 is 0.909 bits per heavy atom. The highest BCUT2D eigenvalue weighted by Crippen LogP contribution is 2.37. The van der Waals surface area contributed by atoms with Crippen LogP contribution >= 0.6 is 0 Å². The summed E-state index contributed by atoms with van der Waals surface area (Å²) in [5.41, 5.74) is 0.445. The molecule has 2 aromatic carbocycles. The van der Waals surface area contributed by atoms with Crippen LogP contribution in [0.3, 0.4) is 0 Å². The molecule has 8 heteroatoms. The Labute approximate surface area is 191 Å². The summed E-state index contributed by atoms with van der Waals surface area (Å²) in [6.07, 6.45) is 2.74. The fraction of sp³-hybridized carbons (Fsp3) is 0.400. The summed E-state index contributed by atoms with van der Waals surface area (Å²) in [5.74, 6) is -0.461. The Hall–Kier alpha value is -3.39. The van der Waals surface area contributed by atoms with Crippen molar-refractivity contribution >= 4 is 17.8 Å². The molecule has 33 heavy (non-hydrogen) atoms. The molecule has 0 spiro atoms. The number of hydrogen-bond acceptors (Lipinski definition) is 6. The smallest absolute Gasteiger partial charge is 0.314 e. The number of amides is 2. The Balaban J connectivity index is 1.25. The Bertz CT molecular complexity index is 1110. The third kappa shape index (κ3) is 4.43. The third-order valence-corrected chi connectivity index (χ3v) is 6.50. The first-order valence-electron chi connectivity index (χ1n) is 11.3. The lowest BCUT2D eigenvalue weighted by Crippen LogP contribution is -2.53. The SMILES string of the molecule is O=C(Oc1cccc(-c2ccc(C(=O)N3CCN(C(=O)C4(O)CC4)CC3)c(O)c2)c1)C1CC1. The van der Waals surface area contributed by atoms with Gasteiger partial charge in [0.2, 0.25) is 0 Å². The van der Waals surface area contributed by atoms with Crippen LogP contribution in [0.4, 0.5) is 0 Å². The number of ether oxygens (including phenoxy) is 1. The number of aromatic hydroxyl groups is 1. The molecule has 0 aromatic heterocycles. The second-order valence-corrected chi connectivity index (χ2v) is 9.07. The van der Waals surface area contributed by atoms with Gasteiger partial charge in [-0.15, -0.1) is 0 Å². The molecule has 0 unspecified atom stereocenters. The molecule has 5 rings (SSSR count). The molecule has 8 nitrogen and oxygen atoms in total. The minimum atomic E-state index is -1.20. The summed E-state index contributed by atoms with van der Waals surface area (Å²) in [5, 5.41) is 20.6. The predicted molar refractivity (Wildman–Crippen MR) is 119 cm³/mol. The van der Waals surface area contributed by atoms with Crippen LogP contribution in [0.2, 0.25) is 0 Å². The molecule has 1 saturated heterocycles. The molecular weight excluding hydrogens is 424 g/mol. The summed E-state index contributed by atoms with van der Waals surface area (Å²) >= 11 is 0. The minimum Gasteiger partial charge on any atom is -0.507 e. The molecule has 1 aliphatic heterocycles. The van der Waals surface area contributed by atoms with Gasteiger partial charge >= 0.3 is 5.97 Å². The molecule has 2 saturated carbocycles. The summed E-state index contributed by atoms with van der Waals surface area (Å²) in [7, 11) is 0. The zero-order valence-electron chi connectivity index (χ0n) is 18.2. The van der Waals surface area contributed by atoms with Crippen molar-refractivity contribution in [3.05, 3.63) is 48.0 Å². The fourth-order valence-corrected chi connectivity index (χ4v) is 4.06. The lowest BCUT2D eigenvalue weighted by molar-refractivity contribution is -0.144. The van der Waals surface area contributed by atoms with E-state index in [0.29, 0.717) is 50.3 Å². The van der Waals surface area contributed by atoms with E-state index in [1.165, 1.54) is 6.07 Å². The number of carbonyl (C=O) groups excluding carboxylic acids is 3. The number of phenolic OH excluding ortho intramolecular Hbond substituents is 1. The van der Waals surface area contributed by atoms with Crippen molar-refractivity contribution in [3.63, 3.8) is 0 Å². The molecule has 1 heterocycles. The van der Waals surface area contributed by atoms with Gasteiger partial charge in [0.05, 0.1) is 11.5 Å². The first-order chi connectivity index (χ1) is 15.8. The van der Waals surface area contributed by atoms with E-state index in [1.807, 2.05) is 6.07 Å². The van der Waals surface area contributed by atoms with Crippen molar-refractivity contribution in [2.45, 2.75) is 31.3 Å². The van der Waals surface area contributed by atoms with Gasteiger partial charge in [-0.05, 0) is 61.1 Å². The number of hydrogen-bond donors (Lipinski definition) is 2. The standard InChI is InChI=1S/C25H26N2O6/c28-21-15-18(17-2-1-3-19(14-17)33-23(30)16-4-5-16)6-7-20(21)22(29)26-10-12-27(13-11-26)24(31)25(32)8-9-25/h1-3,6-7,14-16,28,32H,4-5,8-13H2. The van der Waals surface area contributed by atoms with E-state index < -0.39 is 5.60 Å². The molecule has 0 atom stereocenters. The van der Waals surface area contributed by atoms with Crippen LogP contribution in [0.5, 0.6) is 11.5 Å². The van der Waals surface area contributed by atoms with Crippen LogP contribution in [0.1, 0.15) is 36.0 Å². The molecule has 2 aromatic rings. The van der Waals surface area contributed by atoms with E-state index in [2.05, 4.69) is 0 Å². The number of piperazine rings is 1.